The van der Waals surface area contributed by atoms with E-state index in [1.807, 2.05) is 24.3 Å². The van der Waals surface area contributed by atoms with E-state index >= 15 is 4.39 Å². The minimum absolute atomic E-state index is 0.0455. The van der Waals surface area contributed by atoms with Crippen LogP contribution in [0.2, 0.25) is 5.02 Å². The average molecular weight is 548 g/mol. The summed E-state index contributed by atoms with van der Waals surface area (Å²) >= 11 is 6.84. The van der Waals surface area contributed by atoms with Crippen molar-refractivity contribution in [2.24, 2.45) is 0 Å². The van der Waals surface area contributed by atoms with Gasteiger partial charge in [-0.2, -0.15) is 9.97 Å². The standard InChI is InChI=1S/C30H31ClFN5O2/c1-36-10-4-6-20(36)16-39-30-34-28-24(29(35-30)37-15-18-8-9-19(37)14-33-18)13-25(31)26(27(28)32)23-12-21(38)11-17-5-2-3-7-22(17)23/h2-3,5,7,11-13,18-20,33,38H,4,6,8-10,14-16H2,1H3/t18?,19?,20-/m0/s1. The second kappa shape index (κ2) is 9.77. The summed E-state index contributed by atoms with van der Waals surface area (Å²) in [6, 6.07) is 13.7. The number of hydrogen-bond donors (Lipinski definition) is 2. The molecule has 0 amide bonds. The first-order valence-electron chi connectivity index (χ1n) is 13.7. The van der Waals surface area contributed by atoms with Gasteiger partial charge in [0.25, 0.3) is 0 Å². The summed E-state index contributed by atoms with van der Waals surface area (Å²) < 4.78 is 22.8. The van der Waals surface area contributed by atoms with Gasteiger partial charge < -0.3 is 25.0 Å². The number of fused-ring (bicyclic) bond motifs is 5. The minimum Gasteiger partial charge on any atom is -0.508 e. The van der Waals surface area contributed by atoms with Crippen LogP contribution in [0.25, 0.3) is 32.8 Å². The number of anilines is 1. The predicted octanol–water partition coefficient (Wildman–Crippen LogP) is 5.36. The van der Waals surface area contributed by atoms with Crippen LogP contribution in [-0.4, -0.2) is 71.4 Å². The highest BCUT2D eigenvalue weighted by Gasteiger charge is 2.36. The maximum Gasteiger partial charge on any atom is 0.319 e. The van der Waals surface area contributed by atoms with Crippen molar-refractivity contribution in [1.29, 1.82) is 0 Å². The lowest BCUT2D eigenvalue weighted by atomic mass is 9.92. The minimum atomic E-state index is -0.542. The molecule has 0 spiro atoms. The van der Waals surface area contributed by atoms with Gasteiger partial charge in [-0.1, -0.05) is 35.9 Å². The molecule has 4 aromatic rings. The molecule has 0 saturated carbocycles. The highest BCUT2D eigenvalue weighted by atomic mass is 35.5. The number of nitrogens with zero attached hydrogens (tertiary/aromatic N) is 4. The van der Waals surface area contributed by atoms with Crippen molar-refractivity contribution >= 4 is 39.1 Å². The third-order valence-electron chi connectivity index (χ3n) is 8.65. The Balaban J connectivity index is 1.40. The zero-order valence-corrected chi connectivity index (χ0v) is 22.6. The number of halogens is 2. The molecule has 8 rings (SSSR count). The van der Waals surface area contributed by atoms with Crippen LogP contribution < -0.4 is 15.0 Å². The first-order valence-corrected chi connectivity index (χ1v) is 14.1. The Morgan fingerprint density at radius 3 is 2.74 bits per heavy atom. The molecule has 4 aliphatic heterocycles. The molecule has 9 heteroatoms. The Kier molecular flexibility index (Phi) is 6.21. The second-order valence-corrected chi connectivity index (χ2v) is 11.5. The number of aromatic nitrogens is 2. The first-order chi connectivity index (χ1) is 19.0. The van der Waals surface area contributed by atoms with E-state index in [0.29, 0.717) is 29.4 Å². The smallest absolute Gasteiger partial charge is 0.319 e. The van der Waals surface area contributed by atoms with Gasteiger partial charge in [0.1, 0.15) is 23.7 Å². The van der Waals surface area contributed by atoms with Crippen molar-refractivity contribution in [2.45, 2.75) is 43.8 Å². The lowest BCUT2D eigenvalue weighted by Gasteiger charge is -2.46. The van der Waals surface area contributed by atoms with E-state index in [0.717, 1.165) is 56.1 Å². The Hall–Kier alpha value is -3.20. The highest BCUT2D eigenvalue weighted by molar-refractivity contribution is 6.35. The van der Waals surface area contributed by atoms with Crippen molar-refractivity contribution < 1.29 is 14.2 Å². The molecule has 39 heavy (non-hydrogen) atoms. The van der Waals surface area contributed by atoms with Gasteiger partial charge in [0.15, 0.2) is 5.82 Å². The molecule has 0 radical (unpaired) electrons. The van der Waals surface area contributed by atoms with E-state index in [2.05, 4.69) is 27.1 Å². The van der Waals surface area contributed by atoms with Gasteiger partial charge >= 0.3 is 6.01 Å². The predicted molar refractivity (Wildman–Crippen MR) is 152 cm³/mol. The van der Waals surface area contributed by atoms with Crippen LogP contribution in [0.4, 0.5) is 10.2 Å². The number of rotatable bonds is 5. The lowest BCUT2D eigenvalue weighted by molar-refractivity contribution is 0.188. The van der Waals surface area contributed by atoms with Gasteiger partial charge in [-0.3, -0.25) is 0 Å². The van der Waals surface area contributed by atoms with Crippen molar-refractivity contribution in [3.8, 4) is 22.9 Å². The van der Waals surface area contributed by atoms with Crippen molar-refractivity contribution in [2.75, 3.05) is 38.2 Å². The number of benzene rings is 3. The molecule has 3 aromatic carbocycles. The lowest BCUT2D eigenvalue weighted by Crippen LogP contribution is -2.61. The maximum atomic E-state index is 16.6. The molecule has 4 aliphatic rings. The molecule has 2 unspecified atom stereocenters. The fourth-order valence-corrected chi connectivity index (χ4v) is 6.81. The molecule has 4 fully saturated rings. The number of nitrogens with one attached hydrogen (secondary N) is 1. The molecule has 2 N–H and O–H groups in total. The SMILES string of the molecule is CN1CCC[C@H]1COc1nc(N2CC3CCC2CN3)c2cc(Cl)c(-c3cc(O)cc4ccccc34)c(F)c2n1. The number of piperidine rings is 2. The number of ether oxygens (including phenoxy) is 1. The van der Waals surface area contributed by atoms with Crippen molar-refractivity contribution in [3.63, 3.8) is 0 Å². The monoisotopic (exact) mass is 547 g/mol. The van der Waals surface area contributed by atoms with Crippen molar-refractivity contribution in [1.82, 2.24) is 20.2 Å². The summed E-state index contributed by atoms with van der Waals surface area (Å²) in [4.78, 5) is 14.0. The first kappa shape index (κ1) is 24.8. The van der Waals surface area contributed by atoms with Gasteiger partial charge in [-0.15, -0.1) is 0 Å². The number of hydrogen-bond acceptors (Lipinski definition) is 7. The Bertz CT molecular complexity index is 1570. The normalized spacial score (nSPS) is 23.3. The van der Waals surface area contributed by atoms with E-state index in [1.54, 1.807) is 18.2 Å². The van der Waals surface area contributed by atoms with Gasteiger partial charge in [0.05, 0.1) is 5.02 Å². The summed E-state index contributed by atoms with van der Waals surface area (Å²) in [5.74, 6) is 0.170. The molecule has 4 saturated heterocycles. The number of phenolic OH excluding ortho intramolecular Hbond substituents is 1. The molecule has 0 aliphatic carbocycles. The van der Waals surface area contributed by atoms with Crippen LogP contribution >= 0.6 is 11.6 Å². The fraction of sp³-hybridized carbons (Fsp3) is 0.400. The highest BCUT2D eigenvalue weighted by Crippen LogP contribution is 2.43. The van der Waals surface area contributed by atoms with Gasteiger partial charge in [-0.05, 0) is 73.8 Å². The molecule has 1 aromatic heterocycles. The number of likely N-dealkylation sites (tertiary alicyclic amines) is 1. The molecule has 7 nitrogen and oxygen atoms in total. The van der Waals surface area contributed by atoms with Crippen LogP contribution in [0.15, 0.2) is 42.5 Å². The Morgan fingerprint density at radius 2 is 2.00 bits per heavy atom. The molecule has 3 atom stereocenters. The van der Waals surface area contributed by atoms with Crippen LogP contribution in [0.1, 0.15) is 25.7 Å². The summed E-state index contributed by atoms with van der Waals surface area (Å²) in [7, 11) is 2.10. The molecule has 2 bridgehead atoms. The largest absolute Gasteiger partial charge is 0.508 e. The van der Waals surface area contributed by atoms with Crippen LogP contribution in [0, 0.1) is 5.82 Å². The topological polar surface area (TPSA) is 73.8 Å². The number of likely N-dealkylation sites (N-methyl/N-ethyl adjacent to an activating group) is 1. The zero-order chi connectivity index (χ0) is 26.7. The van der Waals surface area contributed by atoms with Gasteiger partial charge in [0.2, 0.25) is 0 Å². The number of phenols is 1. The van der Waals surface area contributed by atoms with E-state index < -0.39 is 5.82 Å². The average Bonchev–Trinajstić information content (AvgIpc) is 3.36. The molecular formula is C30H31ClFN5O2. The third-order valence-corrected chi connectivity index (χ3v) is 8.95. The quantitative estimate of drug-likeness (QED) is 0.348. The molecule has 202 valence electrons. The Labute approximate surface area is 231 Å². The second-order valence-electron chi connectivity index (χ2n) is 11.1. The molecular weight excluding hydrogens is 517 g/mol. The van der Waals surface area contributed by atoms with Gasteiger partial charge in [-0.25, -0.2) is 4.39 Å². The van der Waals surface area contributed by atoms with E-state index in [1.165, 1.54) is 0 Å². The number of aromatic hydroxyl groups is 1. The van der Waals surface area contributed by atoms with Gasteiger partial charge in [0, 0.05) is 42.2 Å². The zero-order valence-electron chi connectivity index (χ0n) is 21.8. The van der Waals surface area contributed by atoms with Crippen LogP contribution in [0.5, 0.6) is 11.8 Å². The summed E-state index contributed by atoms with van der Waals surface area (Å²) in [5.41, 5.74) is 0.909. The maximum absolute atomic E-state index is 16.6. The van der Waals surface area contributed by atoms with Crippen LogP contribution in [0.3, 0.4) is 0 Å². The number of piperazine rings is 1. The van der Waals surface area contributed by atoms with E-state index in [-0.39, 0.29) is 39.9 Å². The summed E-state index contributed by atoms with van der Waals surface area (Å²) in [5, 5.41) is 16.5. The third kappa shape index (κ3) is 4.35. The van der Waals surface area contributed by atoms with E-state index in [4.69, 9.17) is 21.3 Å². The van der Waals surface area contributed by atoms with E-state index in [9.17, 15) is 5.11 Å². The Morgan fingerprint density at radius 1 is 1.13 bits per heavy atom. The van der Waals surface area contributed by atoms with Crippen molar-refractivity contribution in [3.05, 3.63) is 53.3 Å². The summed E-state index contributed by atoms with van der Waals surface area (Å²) in [6.07, 6.45) is 4.35. The molecule has 5 heterocycles. The van der Waals surface area contributed by atoms with Crippen LogP contribution in [-0.2, 0) is 0 Å². The summed E-state index contributed by atoms with van der Waals surface area (Å²) in [6.45, 7) is 3.15. The fourth-order valence-electron chi connectivity index (χ4n) is 6.52.